The van der Waals surface area contributed by atoms with Crippen LogP contribution in [0.5, 0.6) is 0 Å². The van der Waals surface area contributed by atoms with E-state index >= 15 is 0 Å². The summed E-state index contributed by atoms with van der Waals surface area (Å²) in [5, 5.41) is 3.00. The first-order valence-electron chi connectivity index (χ1n) is 6.32. The lowest BCUT2D eigenvalue weighted by molar-refractivity contribution is 0.346. The summed E-state index contributed by atoms with van der Waals surface area (Å²) < 4.78 is 79.6. The van der Waals surface area contributed by atoms with Crippen LogP contribution in [0.4, 0.5) is 17.6 Å². The topological polar surface area (TPSA) is 58.2 Å². The van der Waals surface area contributed by atoms with Crippen LogP contribution in [-0.4, -0.2) is 27.0 Å². The van der Waals surface area contributed by atoms with Crippen molar-refractivity contribution in [1.29, 1.82) is 0 Å². The molecule has 1 aromatic rings. The van der Waals surface area contributed by atoms with E-state index < -0.39 is 44.2 Å². The van der Waals surface area contributed by atoms with Crippen molar-refractivity contribution < 1.29 is 26.0 Å². The van der Waals surface area contributed by atoms with Gasteiger partial charge in [0.1, 0.15) is 0 Å². The molecule has 2 N–H and O–H groups in total. The number of sulfonamides is 1. The Hall–Kier alpha value is -0.900. The van der Waals surface area contributed by atoms with Gasteiger partial charge in [0, 0.05) is 18.2 Å². The van der Waals surface area contributed by atoms with Crippen LogP contribution in [0.15, 0.2) is 11.0 Å². The lowest BCUT2D eigenvalue weighted by Crippen LogP contribution is -2.52. The molecule has 1 heterocycles. The van der Waals surface area contributed by atoms with E-state index in [2.05, 4.69) is 10.0 Å². The molecule has 2 rings (SSSR count). The molecule has 0 aromatic heterocycles. The Bertz CT molecular complexity index is 631. The lowest BCUT2D eigenvalue weighted by atomic mass is 10.0. The summed E-state index contributed by atoms with van der Waals surface area (Å²) in [4.78, 5) is -1.63. The van der Waals surface area contributed by atoms with Crippen LogP contribution in [-0.2, 0) is 10.0 Å². The summed E-state index contributed by atoms with van der Waals surface area (Å²) >= 11 is 0. The molecule has 22 heavy (non-hydrogen) atoms. The molecule has 1 fully saturated rings. The van der Waals surface area contributed by atoms with E-state index in [-0.39, 0.29) is 24.5 Å². The number of halogens is 5. The Balaban J connectivity index is 0.00000242. The largest absolute Gasteiger partial charge is 0.313 e. The monoisotopic (exact) mass is 362 g/mol. The Morgan fingerprint density at radius 2 is 1.73 bits per heavy atom. The maximum absolute atomic E-state index is 13.6. The van der Waals surface area contributed by atoms with E-state index in [0.717, 1.165) is 0 Å². The molecular weight excluding hydrogens is 348 g/mol. The van der Waals surface area contributed by atoms with Crippen molar-refractivity contribution in [1.82, 2.24) is 10.0 Å². The van der Waals surface area contributed by atoms with E-state index in [1.165, 1.54) is 0 Å². The molecule has 2 unspecified atom stereocenters. The molecule has 0 amide bonds. The van der Waals surface area contributed by atoms with Crippen LogP contribution in [0.2, 0.25) is 0 Å². The Morgan fingerprint density at radius 1 is 1.18 bits per heavy atom. The maximum Gasteiger partial charge on any atom is 0.246 e. The highest BCUT2D eigenvalue weighted by molar-refractivity contribution is 7.89. The first kappa shape index (κ1) is 19.1. The third kappa shape index (κ3) is 3.70. The zero-order valence-electron chi connectivity index (χ0n) is 11.5. The van der Waals surface area contributed by atoms with Crippen molar-refractivity contribution in [2.75, 3.05) is 6.54 Å². The van der Waals surface area contributed by atoms with Crippen LogP contribution in [0, 0.1) is 23.3 Å². The van der Waals surface area contributed by atoms with E-state index in [1.54, 1.807) is 6.92 Å². The average Bonchev–Trinajstić information content (AvgIpc) is 2.39. The van der Waals surface area contributed by atoms with Crippen molar-refractivity contribution in [3.63, 3.8) is 0 Å². The molecule has 1 aliphatic rings. The number of nitrogens with one attached hydrogen (secondary N) is 2. The summed E-state index contributed by atoms with van der Waals surface area (Å²) in [7, 11) is -4.72. The fourth-order valence-corrected chi connectivity index (χ4v) is 3.76. The summed E-state index contributed by atoms with van der Waals surface area (Å²) in [5.41, 5.74) is 0. The highest BCUT2D eigenvalue weighted by atomic mass is 35.5. The average molecular weight is 363 g/mol. The van der Waals surface area contributed by atoms with Gasteiger partial charge in [-0.3, -0.25) is 0 Å². The smallest absolute Gasteiger partial charge is 0.246 e. The van der Waals surface area contributed by atoms with Crippen molar-refractivity contribution in [3.8, 4) is 0 Å². The van der Waals surface area contributed by atoms with Crippen molar-refractivity contribution in [2.24, 2.45) is 0 Å². The fraction of sp³-hybridized carbons (Fsp3) is 0.500. The van der Waals surface area contributed by atoms with Crippen molar-refractivity contribution in [2.45, 2.75) is 36.7 Å². The van der Waals surface area contributed by atoms with E-state index in [9.17, 15) is 26.0 Å². The molecule has 1 aromatic carbocycles. The molecule has 126 valence electrons. The third-order valence-corrected chi connectivity index (χ3v) is 4.92. The predicted molar refractivity (Wildman–Crippen MR) is 74.3 cm³/mol. The van der Waals surface area contributed by atoms with Crippen LogP contribution in [0.1, 0.15) is 19.8 Å². The van der Waals surface area contributed by atoms with Gasteiger partial charge < -0.3 is 5.32 Å². The van der Waals surface area contributed by atoms with Gasteiger partial charge in [-0.1, -0.05) is 0 Å². The predicted octanol–water partition coefficient (Wildman–Crippen LogP) is 2.08. The Labute approximate surface area is 131 Å². The molecule has 1 saturated heterocycles. The first-order chi connectivity index (χ1) is 9.74. The van der Waals surface area contributed by atoms with Gasteiger partial charge in [-0.25, -0.2) is 30.7 Å². The van der Waals surface area contributed by atoms with Crippen LogP contribution in [0.25, 0.3) is 0 Å². The first-order valence-corrected chi connectivity index (χ1v) is 7.81. The zero-order chi connectivity index (χ0) is 15.8. The second-order valence-electron chi connectivity index (χ2n) is 4.91. The summed E-state index contributed by atoms with van der Waals surface area (Å²) in [6.07, 6.45) is 1.12. The minimum absolute atomic E-state index is 0. The summed E-state index contributed by atoms with van der Waals surface area (Å²) in [6, 6.07) is -0.916. The Kier molecular flexibility index (Phi) is 6.19. The molecule has 2 atom stereocenters. The van der Waals surface area contributed by atoms with Gasteiger partial charge in [-0.15, -0.1) is 12.4 Å². The van der Waals surface area contributed by atoms with Gasteiger partial charge in [-0.2, -0.15) is 0 Å². The maximum atomic E-state index is 13.6. The minimum Gasteiger partial charge on any atom is -0.313 e. The number of piperidine rings is 1. The molecule has 0 saturated carbocycles. The van der Waals surface area contributed by atoms with Gasteiger partial charge >= 0.3 is 0 Å². The van der Waals surface area contributed by atoms with Crippen molar-refractivity contribution >= 4 is 22.4 Å². The summed E-state index contributed by atoms with van der Waals surface area (Å²) in [5.74, 6) is -7.39. The molecule has 0 spiro atoms. The second-order valence-corrected chi connectivity index (χ2v) is 6.56. The highest BCUT2D eigenvalue weighted by Crippen LogP contribution is 2.24. The molecule has 0 bridgehead atoms. The zero-order valence-corrected chi connectivity index (χ0v) is 13.1. The minimum atomic E-state index is -4.72. The number of rotatable bonds is 3. The quantitative estimate of drug-likeness (QED) is 0.639. The molecule has 10 heteroatoms. The molecule has 0 radical (unpaired) electrons. The molecule has 4 nitrogen and oxygen atoms in total. The van der Waals surface area contributed by atoms with Gasteiger partial charge in [0.15, 0.2) is 28.2 Å². The molecular formula is C12H15ClF4N2O2S. The second kappa shape index (κ2) is 7.12. The fourth-order valence-electron chi connectivity index (χ4n) is 2.25. The Morgan fingerprint density at radius 3 is 2.23 bits per heavy atom. The van der Waals surface area contributed by atoms with Gasteiger partial charge in [0.25, 0.3) is 0 Å². The number of hydrogen-bond acceptors (Lipinski definition) is 3. The van der Waals surface area contributed by atoms with E-state index in [4.69, 9.17) is 0 Å². The lowest BCUT2D eigenvalue weighted by Gasteiger charge is -2.30. The normalized spacial score (nSPS) is 22.2. The molecule has 1 aliphatic heterocycles. The van der Waals surface area contributed by atoms with E-state index in [0.29, 0.717) is 19.4 Å². The highest BCUT2D eigenvalue weighted by Gasteiger charge is 2.33. The SMILES string of the molecule is CC1NCCCC1NS(=O)(=O)c1c(F)c(F)cc(F)c1F.Cl. The van der Waals surface area contributed by atoms with Gasteiger partial charge in [0.2, 0.25) is 10.0 Å². The third-order valence-electron chi connectivity index (χ3n) is 3.41. The van der Waals surface area contributed by atoms with Gasteiger partial charge in [0.05, 0.1) is 0 Å². The number of hydrogen-bond donors (Lipinski definition) is 2. The number of benzene rings is 1. The van der Waals surface area contributed by atoms with Crippen LogP contribution >= 0.6 is 12.4 Å². The van der Waals surface area contributed by atoms with Crippen molar-refractivity contribution in [3.05, 3.63) is 29.3 Å². The molecule has 0 aliphatic carbocycles. The standard InChI is InChI=1S/C12H14F4N2O2S.ClH/c1-6-9(3-2-4-17-6)18-21(19,20)12-10(15)7(13)5-8(14)11(12)16;/h5-6,9,17-18H,2-4H2,1H3;1H. The van der Waals surface area contributed by atoms with E-state index in [1.807, 2.05) is 0 Å². The summed E-state index contributed by atoms with van der Waals surface area (Å²) in [6.45, 7) is 2.39. The van der Waals surface area contributed by atoms with Crippen LogP contribution in [0.3, 0.4) is 0 Å². The van der Waals surface area contributed by atoms with Gasteiger partial charge in [-0.05, 0) is 26.3 Å². The van der Waals surface area contributed by atoms with Crippen LogP contribution < -0.4 is 10.0 Å².